The van der Waals surface area contributed by atoms with Crippen LogP contribution in [0.3, 0.4) is 0 Å². The number of benzene rings is 1. The number of hydrogen-bond donors (Lipinski definition) is 0. The molecule has 2 rings (SSSR count). The molecule has 1 aromatic carbocycles. The van der Waals surface area contributed by atoms with Gasteiger partial charge >= 0.3 is 51.4 Å². The average Bonchev–Trinajstić information content (AvgIpc) is 2.71. The molecule has 1 aliphatic rings. The summed E-state index contributed by atoms with van der Waals surface area (Å²) >= 11 is 0. The molecule has 52 valence electrons. The normalized spacial score (nSPS) is 20.6. The van der Waals surface area contributed by atoms with E-state index in [4.69, 9.17) is 0 Å². The Morgan fingerprint density at radius 2 is 1.82 bits per heavy atom. The molecule has 0 bridgehead atoms. The molecule has 0 nitrogen and oxygen atoms in total. The number of rotatable bonds is 1. The summed E-state index contributed by atoms with van der Waals surface area (Å²) in [6.07, 6.45) is 3.37. The third-order valence-electron chi connectivity index (χ3n) is 1.77. The molecule has 1 atom stereocenters. The van der Waals surface area contributed by atoms with E-state index < -0.39 is 0 Å². The van der Waals surface area contributed by atoms with Crippen molar-refractivity contribution < 1.29 is 55.8 Å². The topological polar surface area (TPSA) is 0 Å². The van der Waals surface area contributed by atoms with Crippen molar-refractivity contribution in [2.75, 3.05) is 0 Å². The molecule has 11 heavy (non-hydrogen) atoms. The number of hydrogen-bond acceptors (Lipinski definition) is 0. The summed E-state index contributed by atoms with van der Waals surface area (Å²) in [5.74, 6) is 0.463. The van der Waals surface area contributed by atoms with E-state index in [9.17, 15) is 4.39 Å². The van der Waals surface area contributed by atoms with Crippen molar-refractivity contribution in [3.63, 3.8) is 0 Å². The Morgan fingerprint density at radius 1 is 1.27 bits per heavy atom. The standard InChI is InChI=1S/C9H8F.K/c10-9-5-3-8(4-6-9)7-1-2-7;/h1,3-7H,2H2;/q-1;+1/t7-;/m1./s1. The van der Waals surface area contributed by atoms with E-state index in [-0.39, 0.29) is 57.2 Å². The van der Waals surface area contributed by atoms with Crippen LogP contribution in [0.25, 0.3) is 0 Å². The molecule has 0 aliphatic heterocycles. The van der Waals surface area contributed by atoms with E-state index in [1.807, 2.05) is 12.1 Å². The van der Waals surface area contributed by atoms with Gasteiger partial charge in [-0.15, -0.1) is 0 Å². The summed E-state index contributed by atoms with van der Waals surface area (Å²) in [5, 5.41) is 0. The fraction of sp³-hybridized carbons (Fsp3) is 0.222. The molecule has 0 radical (unpaired) electrons. The quantitative estimate of drug-likeness (QED) is 0.398. The monoisotopic (exact) mass is 174 g/mol. The van der Waals surface area contributed by atoms with Gasteiger partial charge in [0.2, 0.25) is 0 Å². The maximum Gasteiger partial charge on any atom is 1.00 e. The summed E-state index contributed by atoms with van der Waals surface area (Å²) in [5.41, 5.74) is 1.24. The smallest absolute Gasteiger partial charge is 0.325 e. The van der Waals surface area contributed by atoms with Crippen LogP contribution in [0.4, 0.5) is 4.39 Å². The molecule has 2 heteroatoms. The first-order chi connectivity index (χ1) is 4.86. The molecule has 0 aromatic heterocycles. The van der Waals surface area contributed by atoms with Crippen molar-refractivity contribution in [1.82, 2.24) is 0 Å². The average molecular weight is 174 g/mol. The minimum atomic E-state index is -0.149. The minimum absolute atomic E-state index is 0. The van der Waals surface area contributed by atoms with Crippen LogP contribution in [0, 0.1) is 12.2 Å². The molecular weight excluding hydrogens is 166 g/mol. The first-order valence-electron chi connectivity index (χ1n) is 3.45. The van der Waals surface area contributed by atoms with Crippen LogP contribution in [0.2, 0.25) is 0 Å². The molecule has 0 spiro atoms. The zero-order chi connectivity index (χ0) is 6.97. The summed E-state index contributed by atoms with van der Waals surface area (Å²) < 4.78 is 12.4. The van der Waals surface area contributed by atoms with Crippen LogP contribution in [-0.2, 0) is 0 Å². The SMILES string of the molecule is Fc1ccc([C@@H]2[CH-]C2)cc1.[K+]. The predicted octanol–water partition coefficient (Wildman–Crippen LogP) is -0.479. The Bertz CT molecular complexity index is 226. The van der Waals surface area contributed by atoms with Crippen LogP contribution < -0.4 is 51.4 Å². The van der Waals surface area contributed by atoms with Gasteiger partial charge in [0.25, 0.3) is 0 Å². The Morgan fingerprint density at radius 3 is 2.27 bits per heavy atom. The van der Waals surface area contributed by atoms with Crippen molar-refractivity contribution in [2.24, 2.45) is 0 Å². The van der Waals surface area contributed by atoms with Crippen molar-refractivity contribution in [3.8, 4) is 0 Å². The van der Waals surface area contributed by atoms with Gasteiger partial charge in [0.15, 0.2) is 0 Å². The van der Waals surface area contributed by atoms with Crippen LogP contribution in [0.15, 0.2) is 24.3 Å². The van der Waals surface area contributed by atoms with Gasteiger partial charge in [-0.2, -0.15) is 12.3 Å². The molecule has 0 amide bonds. The Hall–Kier alpha value is 0.786. The Labute approximate surface area is 109 Å². The Balaban J connectivity index is 0.000000605. The van der Waals surface area contributed by atoms with Gasteiger partial charge in [0.1, 0.15) is 5.82 Å². The molecule has 0 N–H and O–H groups in total. The van der Waals surface area contributed by atoms with Gasteiger partial charge in [-0.25, -0.2) is 4.39 Å². The van der Waals surface area contributed by atoms with Crippen LogP contribution in [-0.4, -0.2) is 0 Å². The summed E-state index contributed by atoms with van der Waals surface area (Å²) in [7, 11) is 0. The van der Waals surface area contributed by atoms with Crippen molar-refractivity contribution in [3.05, 3.63) is 42.1 Å². The third kappa shape index (κ3) is 2.63. The summed E-state index contributed by atoms with van der Waals surface area (Å²) in [4.78, 5) is 0. The second kappa shape index (κ2) is 4.15. The molecule has 1 saturated carbocycles. The summed E-state index contributed by atoms with van der Waals surface area (Å²) in [6.45, 7) is 0. The first kappa shape index (κ1) is 9.87. The molecule has 1 aromatic rings. The fourth-order valence-corrected chi connectivity index (χ4v) is 1.05. The molecular formula is C9H8FK. The van der Waals surface area contributed by atoms with E-state index in [1.54, 1.807) is 0 Å². The van der Waals surface area contributed by atoms with E-state index in [1.165, 1.54) is 17.7 Å². The number of halogens is 1. The zero-order valence-electron chi connectivity index (χ0n) is 6.55. The molecule has 0 saturated heterocycles. The molecule has 0 unspecified atom stereocenters. The van der Waals surface area contributed by atoms with Gasteiger partial charge in [0, 0.05) is 0 Å². The van der Waals surface area contributed by atoms with Crippen molar-refractivity contribution in [2.45, 2.75) is 12.3 Å². The molecule has 1 aliphatic carbocycles. The largest absolute Gasteiger partial charge is 1.00 e. The van der Waals surface area contributed by atoms with Crippen LogP contribution in [0.5, 0.6) is 0 Å². The Kier molecular flexibility index (Phi) is 3.72. The zero-order valence-corrected chi connectivity index (χ0v) is 9.67. The van der Waals surface area contributed by atoms with E-state index in [2.05, 4.69) is 6.42 Å². The van der Waals surface area contributed by atoms with Crippen LogP contribution in [0.1, 0.15) is 17.9 Å². The maximum absolute atomic E-state index is 12.4. The van der Waals surface area contributed by atoms with Crippen molar-refractivity contribution >= 4 is 0 Å². The molecule has 1 fully saturated rings. The van der Waals surface area contributed by atoms with Gasteiger partial charge in [0.05, 0.1) is 0 Å². The first-order valence-corrected chi connectivity index (χ1v) is 3.45. The van der Waals surface area contributed by atoms with Crippen LogP contribution >= 0.6 is 0 Å². The second-order valence-corrected chi connectivity index (χ2v) is 2.63. The van der Waals surface area contributed by atoms with E-state index >= 15 is 0 Å². The summed E-state index contributed by atoms with van der Waals surface area (Å²) in [6, 6.07) is 6.73. The minimum Gasteiger partial charge on any atom is -0.325 e. The van der Waals surface area contributed by atoms with E-state index in [0.29, 0.717) is 5.92 Å². The maximum atomic E-state index is 12.4. The van der Waals surface area contributed by atoms with Gasteiger partial charge < -0.3 is 6.42 Å². The second-order valence-electron chi connectivity index (χ2n) is 2.63. The van der Waals surface area contributed by atoms with E-state index in [0.717, 1.165) is 6.42 Å². The van der Waals surface area contributed by atoms with Gasteiger partial charge in [-0.05, 0) is 12.1 Å². The van der Waals surface area contributed by atoms with Gasteiger partial charge in [-0.3, -0.25) is 0 Å². The molecule has 0 heterocycles. The fourth-order valence-electron chi connectivity index (χ4n) is 1.05. The van der Waals surface area contributed by atoms with Gasteiger partial charge in [-0.1, -0.05) is 17.7 Å². The third-order valence-corrected chi connectivity index (χ3v) is 1.77. The van der Waals surface area contributed by atoms with Crippen molar-refractivity contribution in [1.29, 1.82) is 0 Å². The predicted molar refractivity (Wildman–Crippen MR) is 38.1 cm³/mol.